The van der Waals surface area contributed by atoms with E-state index >= 15 is 0 Å². The summed E-state index contributed by atoms with van der Waals surface area (Å²) in [7, 11) is 0. The number of nitrogens with zero attached hydrogens (tertiary/aromatic N) is 2. The van der Waals surface area contributed by atoms with Gasteiger partial charge in [-0.05, 0) is 41.8 Å². The molecule has 0 spiro atoms. The van der Waals surface area contributed by atoms with Crippen LogP contribution >= 0.6 is 0 Å². The van der Waals surface area contributed by atoms with Crippen LogP contribution in [0.4, 0.5) is 10.3 Å². The molecule has 26 heavy (non-hydrogen) atoms. The maximum absolute atomic E-state index is 12.9. The van der Waals surface area contributed by atoms with Gasteiger partial charge in [-0.25, -0.2) is 14.4 Å². The Morgan fingerprint density at radius 3 is 2.58 bits per heavy atom. The molecule has 1 aromatic heterocycles. The van der Waals surface area contributed by atoms with Gasteiger partial charge in [0.2, 0.25) is 5.95 Å². The molecule has 0 aliphatic rings. The zero-order valence-electron chi connectivity index (χ0n) is 14.4. The number of amides is 1. The number of benzene rings is 2. The first kappa shape index (κ1) is 17.5. The average molecular weight is 350 g/mol. The number of nitrogens with one attached hydrogen (secondary N) is 2. The first-order valence-electron chi connectivity index (χ1n) is 8.26. The van der Waals surface area contributed by atoms with E-state index in [0.29, 0.717) is 19.0 Å². The predicted molar refractivity (Wildman–Crippen MR) is 98.1 cm³/mol. The van der Waals surface area contributed by atoms with E-state index in [0.717, 1.165) is 11.1 Å². The van der Waals surface area contributed by atoms with Crippen molar-refractivity contribution in [3.8, 4) is 0 Å². The molecule has 0 unspecified atom stereocenters. The smallest absolute Gasteiger partial charge is 0.270 e. The number of carbonyl (C=O) groups is 1. The Kier molecular flexibility index (Phi) is 5.53. The molecule has 0 aliphatic heterocycles. The Labute approximate surface area is 151 Å². The lowest BCUT2D eigenvalue weighted by Crippen LogP contribution is -2.24. The molecule has 0 saturated carbocycles. The van der Waals surface area contributed by atoms with Gasteiger partial charge in [-0.1, -0.05) is 36.4 Å². The first-order chi connectivity index (χ1) is 12.6. The third-order valence-corrected chi connectivity index (χ3v) is 3.95. The third kappa shape index (κ3) is 4.63. The van der Waals surface area contributed by atoms with Gasteiger partial charge >= 0.3 is 0 Å². The highest BCUT2D eigenvalue weighted by atomic mass is 19.1. The zero-order valence-corrected chi connectivity index (χ0v) is 14.4. The summed E-state index contributed by atoms with van der Waals surface area (Å²) in [5, 5.41) is 5.90. The van der Waals surface area contributed by atoms with Crippen molar-refractivity contribution in [1.29, 1.82) is 0 Å². The number of anilines is 1. The summed E-state index contributed by atoms with van der Waals surface area (Å²) < 4.78 is 12.9. The van der Waals surface area contributed by atoms with Crippen LogP contribution in [-0.4, -0.2) is 15.9 Å². The number of aryl methyl sites for hydroxylation is 1. The maximum Gasteiger partial charge on any atom is 0.270 e. The molecule has 3 aromatic rings. The summed E-state index contributed by atoms with van der Waals surface area (Å²) in [6.45, 7) is 2.92. The first-order valence-corrected chi connectivity index (χ1v) is 8.26. The zero-order chi connectivity index (χ0) is 18.4. The highest BCUT2D eigenvalue weighted by Crippen LogP contribution is 2.09. The lowest BCUT2D eigenvalue weighted by molar-refractivity contribution is 0.0946. The summed E-state index contributed by atoms with van der Waals surface area (Å²) in [6, 6.07) is 15.6. The SMILES string of the molecule is Cc1ccccc1CNc1nccc(C(=O)NCc2ccc(F)cc2)n1. The molecule has 2 N–H and O–H groups in total. The molecule has 3 rings (SSSR count). The number of halogens is 1. The Morgan fingerprint density at radius 2 is 1.81 bits per heavy atom. The molecule has 0 aliphatic carbocycles. The summed E-state index contributed by atoms with van der Waals surface area (Å²) in [5.74, 6) is -0.224. The Balaban J connectivity index is 1.60. The van der Waals surface area contributed by atoms with E-state index < -0.39 is 0 Å². The molecule has 0 radical (unpaired) electrons. The number of carbonyl (C=O) groups excluding carboxylic acids is 1. The quantitative estimate of drug-likeness (QED) is 0.714. The standard InChI is InChI=1S/C20H19FN4O/c1-14-4-2-3-5-16(14)13-24-20-22-11-10-18(25-20)19(26)23-12-15-6-8-17(21)9-7-15/h2-11H,12-13H2,1H3,(H,23,26)(H,22,24,25). The predicted octanol–water partition coefficient (Wildman–Crippen LogP) is 3.47. The Bertz CT molecular complexity index is 896. The van der Waals surface area contributed by atoms with Crippen molar-refractivity contribution in [2.75, 3.05) is 5.32 Å². The van der Waals surface area contributed by atoms with Crippen LogP contribution in [0.1, 0.15) is 27.2 Å². The van der Waals surface area contributed by atoms with Crippen molar-refractivity contribution in [2.24, 2.45) is 0 Å². The van der Waals surface area contributed by atoms with Crippen LogP contribution in [0.3, 0.4) is 0 Å². The lowest BCUT2D eigenvalue weighted by atomic mass is 10.1. The van der Waals surface area contributed by atoms with Crippen LogP contribution < -0.4 is 10.6 Å². The summed E-state index contributed by atoms with van der Waals surface area (Å²) in [5.41, 5.74) is 3.40. The van der Waals surface area contributed by atoms with Crippen LogP contribution in [-0.2, 0) is 13.1 Å². The van der Waals surface area contributed by atoms with Gasteiger partial charge in [0.1, 0.15) is 11.5 Å². The van der Waals surface area contributed by atoms with Gasteiger partial charge in [-0.2, -0.15) is 0 Å². The molecule has 0 bridgehead atoms. The largest absolute Gasteiger partial charge is 0.350 e. The van der Waals surface area contributed by atoms with E-state index in [-0.39, 0.29) is 17.4 Å². The van der Waals surface area contributed by atoms with E-state index in [1.54, 1.807) is 24.4 Å². The second-order valence-electron chi connectivity index (χ2n) is 5.85. The van der Waals surface area contributed by atoms with Gasteiger partial charge in [-0.15, -0.1) is 0 Å². The topological polar surface area (TPSA) is 66.9 Å². The number of rotatable bonds is 6. The van der Waals surface area contributed by atoms with Crippen molar-refractivity contribution in [1.82, 2.24) is 15.3 Å². The van der Waals surface area contributed by atoms with Crippen molar-refractivity contribution in [2.45, 2.75) is 20.0 Å². The average Bonchev–Trinajstić information content (AvgIpc) is 2.67. The maximum atomic E-state index is 12.9. The fraction of sp³-hybridized carbons (Fsp3) is 0.150. The van der Waals surface area contributed by atoms with Gasteiger partial charge in [0.25, 0.3) is 5.91 Å². The molecule has 132 valence electrons. The normalized spacial score (nSPS) is 10.4. The summed E-state index contributed by atoms with van der Waals surface area (Å²) in [6.07, 6.45) is 1.54. The van der Waals surface area contributed by atoms with E-state index in [2.05, 4.69) is 20.6 Å². The van der Waals surface area contributed by atoms with Gasteiger partial charge < -0.3 is 10.6 Å². The minimum Gasteiger partial charge on any atom is -0.350 e. The van der Waals surface area contributed by atoms with Gasteiger partial charge in [0.15, 0.2) is 0 Å². The minimum absolute atomic E-state index is 0.273. The second kappa shape index (κ2) is 8.20. The Morgan fingerprint density at radius 1 is 1.04 bits per heavy atom. The number of aromatic nitrogens is 2. The highest BCUT2D eigenvalue weighted by molar-refractivity contribution is 5.92. The number of hydrogen-bond acceptors (Lipinski definition) is 4. The van der Waals surface area contributed by atoms with Crippen LogP contribution in [0.25, 0.3) is 0 Å². The fourth-order valence-electron chi connectivity index (χ4n) is 2.43. The third-order valence-electron chi connectivity index (χ3n) is 3.95. The van der Waals surface area contributed by atoms with Crippen LogP contribution in [0.15, 0.2) is 60.8 Å². The van der Waals surface area contributed by atoms with Crippen LogP contribution in [0.5, 0.6) is 0 Å². The lowest BCUT2D eigenvalue weighted by Gasteiger charge is -2.09. The van der Waals surface area contributed by atoms with E-state index in [1.807, 2.05) is 31.2 Å². The van der Waals surface area contributed by atoms with Crippen molar-refractivity contribution < 1.29 is 9.18 Å². The fourth-order valence-corrected chi connectivity index (χ4v) is 2.43. The van der Waals surface area contributed by atoms with Gasteiger partial charge in [0.05, 0.1) is 0 Å². The molecule has 6 heteroatoms. The van der Waals surface area contributed by atoms with Crippen LogP contribution in [0, 0.1) is 12.7 Å². The van der Waals surface area contributed by atoms with E-state index in [4.69, 9.17) is 0 Å². The molecule has 1 heterocycles. The van der Waals surface area contributed by atoms with E-state index in [1.165, 1.54) is 17.7 Å². The summed E-state index contributed by atoms with van der Waals surface area (Å²) in [4.78, 5) is 20.7. The molecule has 1 amide bonds. The molecule has 0 saturated heterocycles. The molecule has 0 fully saturated rings. The molecule has 2 aromatic carbocycles. The summed E-state index contributed by atoms with van der Waals surface area (Å²) >= 11 is 0. The monoisotopic (exact) mass is 350 g/mol. The number of hydrogen-bond donors (Lipinski definition) is 2. The van der Waals surface area contributed by atoms with Gasteiger partial charge in [0, 0.05) is 19.3 Å². The van der Waals surface area contributed by atoms with Gasteiger partial charge in [-0.3, -0.25) is 4.79 Å². The molecule has 5 nitrogen and oxygen atoms in total. The minimum atomic E-state index is -0.310. The molecular formula is C20H19FN4O. The Hall–Kier alpha value is -3.28. The van der Waals surface area contributed by atoms with Crippen molar-refractivity contribution in [3.05, 3.63) is 89.0 Å². The molecule has 0 atom stereocenters. The highest BCUT2D eigenvalue weighted by Gasteiger charge is 2.09. The van der Waals surface area contributed by atoms with Crippen molar-refractivity contribution in [3.63, 3.8) is 0 Å². The second-order valence-corrected chi connectivity index (χ2v) is 5.85. The van der Waals surface area contributed by atoms with Crippen molar-refractivity contribution >= 4 is 11.9 Å². The van der Waals surface area contributed by atoms with Crippen LogP contribution in [0.2, 0.25) is 0 Å². The van der Waals surface area contributed by atoms with E-state index in [9.17, 15) is 9.18 Å². The molecular weight excluding hydrogens is 331 g/mol.